The third-order valence-electron chi connectivity index (χ3n) is 2.94. The van der Waals surface area contributed by atoms with Gasteiger partial charge >= 0.3 is 0 Å². The van der Waals surface area contributed by atoms with E-state index in [0.29, 0.717) is 6.61 Å². The molecule has 1 aromatic rings. The van der Waals surface area contributed by atoms with Crippen LogP contribution in [0.5, 0.6) is 0 Å². The molecule has 0 fully saturated rings. The first-order chi connectivity index (χ1) is 7.54. The van der Waals surface area contributed by atoms with E-state index in [0.717, 1.165) is 19.3 Å². The van der Waals surface area contributed by atoms with Gasteiger partial charge in [0.25, 0.3) is 0 Å². The Kier molecular flexibility index (Phi) is 5.23. The smallest absolute Gasteiger partial charge is 0.0775 e. The normalized spacial score (nSPS) is 11.8. The second-order valence-corrected chi connectivity index (χ2v) is 10.6. The number of hydrogen-bond acceptors (Lipinski definition) is 1. The molecular weight excluding hydrogens is 212 g/mol. The molecule has 0 atom stereocenters. The van der Waals surface area contributed by atoms with Crippen molar-refractivity contribution < 1.29 is 5.11 Å². The summed E-state index contributed by atoms with van der Waals surface area (Å²) in [4.78, 5) is 0. The van der Waals surface area contributed by atoms with Crippen LogP contribution in [0.15, 0.2) is 24.3 Å². The molecule has 0 radical (unpaired) electrons. The van der Waals surface area contributed by atoms with Crippen LogP contribution in [0.25, 0.3) is 0 Å². The van der Waals surface area contributed by atoms with E-state index >= 15 is 0 Å². The van der Waals surface area contributed by atoms with Crippen molar-refractivity contribution in [2.45, 2.75) is 45.3 Å². The van der Waals surface area contributed by atoms with Gasteiger partial charge in [-0.05, 0) is 24.8 Å². The van der Waals surface area contributed by atoms with E-state index in [1.54, 1.807) is 0 Å². The molecule has 0 unspecified atom stereocenters. The summed E-state index contributed by atoms with van der Waals surface area (Å²) in [7, 11) is -1.13. The lowest BCUT2D eigenvalue weighted by Gasteiger charge is -2.16. The van der Waals surface area contributed by atoms with Crippen molar-refractivity contribution >= 4 is 13.3 Å². The van der Waals surface area contributed by atoms with Gasteiger partial charge in [0.15, 0.2) is 0 Å². The first-order valence-corrected chi connectivity index (χ1v) is 9.74. The summed E-state index contributed by atoms with van der Waals surface area (Å²) < 4.78 is 0. The fraction of sp³-hybridized carbons (Fsp3) is 0.571. The molecule has 0 amide bonds. The lowest BCUT2D eigenvalue weighted by Crippen LogP contribution is -2.37. The molecule has 1 N–H and O–H groups in total. The molecule has 0 aliphatic heterocycles. The highest BCUT2D eigenvalue weighted by Crippen LogP contribution is 2.08. The van der Waals surface area contributed by atoms with Crippen LogP contribution in [-0.4, -0.2) is 19.8 Å². The number of aliphatic hydroxyl groups is 1. The average molecular weight is 236 g/mol. The van der Waals surface area contributed by atoms with Crippen molar-refractivity contribution in [3.05, 3.63) is 29.8 Å². The maximum Gasteiger partial charge on any atom is 0.0775 e. The highest BCUT2D eigenvalue weighted by Gasteiger charge is 2.15. The number of aliphatic hydroxyl groups excluding tert-OH is 1. The van der Waals surface area contributed by atoms with E-state index in [-0.39, 0.29) is 0 Å². The first-order valence-electron chi connectivity index (χ1n) is 6.24. The zero-order valence-electron chi connectivity index (χ0n) is 10.8. The Morgan fingerprint density at radius 1 is 0.938 bits per heavy atom. The lowest BCUT2D eigenvalue weighted by atomic mass is 10.1. The fourth-order valence-corrected chi connectivity index (χ4v) is 2.96. The Labute approximate surface area is 101 Å². The molecule has 0 saturated carbocycles. The highest BCUT2D eigenvalue weighted by atomic mass is 28.3. The van der Waals surface area contributed by atoms with E-state index in [1.165, 1.54) is 17.2 Å². The van der Waals surface area contributed by atoms with Gasteiger partial charge in [0.2, 0.25) is 0 Å². The standard InChI is InChI=1S/C14H24OSi/c1-16(2,3)14-10-8-13(9-11-14)7-5-4-6-12-15/h8-11,15H,4-7,12H2,1-3H3. The van der Waals surface area contributed by atoms with Crippen LogP contribution in [0.4, 0.5) is 0 Å². The van der Waals surface area contributed by atoms with Gasteiger partial charge in [-0.3, -0.25) is 0 Å². The van der Waals surface area contributed by atoms with Gasteiger partial charge in [0, 0.05) is 6.61 Å². The molecule has 90 valence electrons. The fourth-order valence-electron chi connectivity index (χ4n) is 1.79. The van der Waals surface area contributed by atoms with Crippen molar-refractivity contribution in [3.8, 4) is 0 Å². The topological polar surface area (TPSA) is 20.2 Å². The number of benzene rings is 1. The average Bonchev–Trinajstić information content (AvgIpc) is 2.24. The van der Waals surface area contributed by atoms with Crippen LogP contribution >= 0.6 is 0 Å². The lowest BCUT2D eigenvalue weighted by molar-refractivity contribution is 0.283. The third kappa shape index (κ3) is 4.50. The van der Waals surface area contributed by atoms with Crippen LogP contribution in [0.2, 0.25) is 19.6 Å². The summed E-state index contributed by atoms with van der Waals surface area (Å²) in [6, 6.07) is 9.14. The number of unbranched alkanes of at least 4 members (excludes halogenated alkanes) is 2. The minimum atomic E-state index is -1.13. The van der Waals surface area contributed by atoms with E-state index < -0.39 is 8.07 Å². The van der Waals surface area contributed by atoms with Gasteiger partial charge in [0.05, 0.1) is 8.07 Å². The van der Waals surface area contributed by atoms with Gasteiger partial charge in [0.1, 0.15) is 0 Å². The Morgan fingerprint density at radius 3 is 2.06 bits per heavy atom. The SMILES string of the molecule is C[Si](C)(C)c1ccc(CCCCCO)cc1. The maximum atomic E-state index is 8.69. The Bertz CT molecular complexity index is 298. The molecular formula is C14H24OSi. The Hall–Kier alpha value is -0.603. The molecule has 1 aromatic carbocycles. The highest BCUT2D eigenvalue weighted by molar-refractivity contribution is 6.88. The number of rotatable bonds is 6. The molecule has 0 aliphatic rings. The monoisotopic (exact) mass is 236 g/mol. The van der Waals surface area contributed by atoms with Crippen LogP contribution in [0.1, 0.15) is 24.8 Å². The molecule has 16 heavy (non-hydrogen) atoms. The van der Waals surface area contributed by atoms with Gasteiger partial charge in [-0.2, -0.15) is 0 Å². The summed E-state index contributed by atoms with van der Waals surface area (Å²) in [5.41, 5.74) is 1.43. The van der Waals surface area contributed by atoms with Crippen molar-refractivity contribution in [3.63, 3.8) is 0 Å². The third-order valence-corrected chi connectivity index (χ3v) is 5.01. The number of aryl methyl sites for hydroxylation is 1. The van der Waals surface area contributed by atoms with E-state index in [2.05, 4.69) is 43.9 Å². The minimum Gasteiger partial charge on any atom is -0.396 e. The molecule has 0 bridgehead atoms. The van der Waals surface area contributed by atoms with Crippen molar-refractivity contribution in [1.29, 1.82) is 0 Å². The summed E-state index contributed by atoms with van der Waals surface area (Å²) in [5.74, 6) is 0. The molecule has 2 heteroatoms. The summed E-state index contributed by atoms with van der Waals surface area (Å²) in [6.07, 6.45) is 4.40. The Balaban J connectivity index is 2.46. The van der Waals surface area contributed by atoms with E-state index in [4.69, 9.17) is 5.11 Å². The van der Waals surface area contributed by atoms with Gasteiger partial charge in [-0.15, -0.1) is 0 Å². The zero-order valence-corrected chi connectivity index (χ0v) is 11.8. The summed E-state index contributed by atoms with van der Waals surface area (Å²) in [6.45, 7) is 7.46. The molecule has 0 aliphatic carbocycles. The second-order valence-electron chi connectivity index (χ2n) is 5.48. The molecule has 0 heterocycles. The van der Waals surface area contributed by atoms with Crippen LogP contribution in [0, 0.1) is 0 Å². The summed E-state index contributed by atoms with van der Waals surface area (Å²) >= 11 is 0. The predicted molar refractivity (Wildman–Crippen MR) is 74.1 cm³/mol. The molecule has 1 nitrogen and oxygen atoms in total. The van der Waals surface area contributed by atoms with Crippen LogP contribution in [-0.2, 0) is 6.42 Å². The van der Waals surface area contributed by atoms with Gasteiger partial charge in [-0.25, -0.2) is 0 Å². The molecule has 1 rings (SSSR count). The van der Waals surface area contributed by atoms with Crippen LogP contribution in [0.3, 0.4) is 0 Å². The quantitative estimate of drug-likeness (QED) is 0.595. The molecule has 0 saturated heterocycles. The number of hydrogen-bond donors (Lipinski definition) is 1. The Morgan fingerprint density at radius 2 is 1.56 bits per heavy atom. The van der Waals surface area contributed by atoms with Crippen molar-refractivity contribution in [2.24, 2.45) is 0 Å². The molecule has 0 spiro atoms. The van der Waals surface area contributed by atoms with Crippen LogP contribution < -0.4 is 5.19 Å². The predicted octanol–water partition coefficient (Wildman–Crippen LogP) is 2.94. The zero-order chi connectivity index (χ0) is 12.0. The summed E-state index contributed by atoms with van der Waals surface area (Å²) in [5, 5.41) is 10.2. The largest absolute Gasteiger partial charge is 0.396 e. The van der Waals surface area contributed by atoms with E-state index in [9.17, 15) is 0 Å². The van der Waals surface area contributed by atoms with Gasteiger partial charge < -0.3 is 5.11 Å². The van der Waals surface area contributed by atoms with Crippen molar-refractivity contribution in [2.75, 3.05) is 6.61 Å². The van der Waals surface area contributed by atoms with Crippen molar-refractivity contribution in [1.82, 2.24) is 0 Å². The molecule has 0 aromatic heterocycles. The maximum absolute atomic E-state index is 8.69. The minimum absolute atomic E-state index is 0.328. The first kappa shape index (κ1) is 13.5. The van der Waals surface area contributed by atoms with E-state index in [1.807, 2.05) is 0 Å². The second kappa shape index (κ2) is 6.21. The van der Waals surface area contributed by atoms with Gasteiger partial charge in [-0.1, -0.05) is 55.5 Å².